The molecule has 1 saturated heterocycles. The van der Waals surface area contributed by atoms with Crippen LogP contribution in [0.5, 0.6) is 0 Å². The molecular weight excluding hydrogens is 272 g/mol. The zero-order valence-electron chi connectivity index (χ0n) is 12.5. The van der Waals surface area contributed by atoms with Gasteiger partial charge >= 0.3 is 0 Å². The summed E-state index contributed by atoms with van der Waals surface area (Å²) in [6.07, 6.45) is 2.54. The summed E-state index contributed by atoms with van der Waals surface area (Å²) in [6.45, 7) is 6.97. The zero-order chi connectivity index (χ0) is 14.4. The first-order valence-electron chi connectivity index (χ1n) is 7.47. The Labute approximate surface area is 127 Å². The lowest BCUT2D eigenvalue weighted by molar-refractivity contribution is 0.199. The lowest BCUT2D eigenvalue weighted by Crippen LogP contribution is -2.20. The predicted molar refractivity (Wildman–Crippen MR) is 85.6 cm³/mol. The highest BCUT2D eigenvalue weighted by Crippen LogP contribution is 2.32. The van der Waals surface area contributed by atoms with E-state index in [4.69, 9.17) is 16.3 Å². The first-order valence-corrected chi connectivity index (χ1v) is 7.85. The summed E-state index contributed by atoms with van der Waals surface area (Å²) in [5.74, 6) is 0.821. The van der Waals surface area contributed by atoms with E-state index < -0.39 is 0 Å². The molecule has 20 heavy (non-hydrogen) atoms. The first kappa shape index (κ1) is 15.6. The molecule has 0 aromatic heterocycles. The molecule has 1 N–H and O–H groups in total. The van der Waals surface area contributed by atoms with Gasteiger partial charge in [0.1, 0.15) is 0 Å². The van der Waals surface area contributed by atoms with E-state index in [0.717, 1.165) is 43.7 Å². The molecule has 1 aromatic rings. The second-order valence-corrected chi connectivity index (χ2v) is 5.87. The zero-order valence-corrected chi connectivity index (χ0v) is 13.2. The van der Waals surface area contributed by atoms with Crippen molar-refractivity contribution >= 4 is 17.3 Å². The van der Waals surface area contributed by atoms with Crippen LogP contribution >= 0.6 is 11.6 Å². The SMILES string of the molecule is CCC1CCN(c2ccc(CNCCOC)cc2Cl)C1. The third-order valence-corrected chi connectivity index (χ3v) is 4.33. The van der Waals surface area contributed by atoms with Crippen molar-refractivity contribution in [3.05, 3.63) is 28.8 Å². The van der Waals surface area contributed by atoms with E-state index >= 15 is 0 Å². The summed E-state index contributed by atoms with van der Waals surface area (Å²) >= 11 is 6.45. The van der Waals surface area contributed by atoms with Crippen molar-refractivity contribution in [2.24, 2.45) is 5.92 Å². The minimum absolute atomic E-state index is 0.734. The molecule has 2 rings (SSSR count). The Morgan fingerprint density at radius 1 is 1.45 bits per heavy atom. The van der Waals surface area contributed by atoms with Crippen LogP contribution in [-0.4, -0.2) is 33.4 Å². The molecule has 0 amide bonds. The number of nitrogens with zero attached hydrogens (tertiary/aromatic N) is 1. The van der Waals surface area contributed by atoms with Crippen molar-refractivity contribution < 1.29 is 4.74 Å². The minimum Gasteiger partial charge on any atom is -0.383 e. The maximum Gasteiger partial charge on any atom is 0.0642 e. The number of benzene rings is 1. The summed E-state index contributed by atoms with van der Waals surface area (Å²) < 4.78 is 5.02. The van der Waals surface area contributed by atoms with Crippen molar-refractivity contribution in [2.75, 3.05) is 38.3 Å². The molecule has 0 saturated carbocycles. The Morgan fingerprint density at radius 2 is 2.30 bits per heavy atom. The molecule has 1 heterocycles. The van der Waals surface area contributed by atoms with Gasteiger partial charge in [-0.1, -0.05) is 31.0 Å². The van der Waals surface area contributed by atoms with Crippen molar-refractivity contribution in [3.8, 4) is 0 Å². The van der Waals surface area contributed by atoms with Gasteiger partial charge in [-0.15, -0.1) is 0 Å². The predicted octanol–water partition coefficient (Wildman–Crippen LogP) is 3.31. The molecular formula is C16H25ClN2O. The largest absolute Gasteiger partial charge is 0.383 e. The highest BCUT2D eigenvalue weighted by Gasteiger charge is 2.22. The molecule has 1 aliphatic rings. The number of methoxy groups -OCH3 is 1. The first-order chi connectivity index (χ1) is 9.74. The fourth-order valence-electron chi connectivity index (χ4n) is 2.71. The average molecular weight is 297 g/mol. The fourth-order valence-corrected chi connectivity index (χ4v) is 3.03. The molecule has 4 heteroatoms. The number of halogens is 1. The summed E-state index contributed by atoms with van der Waals surface area (Å²) in [7, 11) is 1.72. The monoisotopic (exact) mass is 296 g/mol. The van der Waals surface area contributed by atoms with Gasteiger partial charge in [0.25, 0.3) is 0 Å². The molecule has 1 fully saturated rings. The van der Waals surface area contributed by atoms with E-state index in [-0.39, 0.29) is 0 Å². The van der Waals surface area contributed by atoms with Crippen LogP contribution in [0.3, 0.4) is 0 Å². The van der Waals surface area contributed by atoms with Gasteiger partial charge in [-0.25, -0.2) is 0 Å². The summed E-state index contributed by atoms with van der Waals surface area (Å²) in [5, 5.41) is 4.21. The third-order valence-electron chi connectivity index (χ3n) is 4.03. The van der Waals surface area contributed by atoms with Crippen LogP contribution in [0.25, 0.3) is 0 Å². The van der Waals surface area contributed by atoms with Crippen LogP contribution in [0.4, 0.5) is 5.69 Å². The smallest absolute Gasteiger partial charge is 0.0642 e. The van der Waals surface area contributed by atoms with Gasteiger partial charge in [0.05, 0.1) is 17.3 Å². The van der Waals surface area contributed by atoms with Crippen molar-refractivity contribution in [1.82, 2.24) is 5.32 Å². The number of rotatable bonds is 7. The maximum atomic E-state index is 6.45. The lowest BCUT2D eigenvalue weighted by Gasteiger charge is -2.20. The average Bonchev–Trinajstić information content (AvgIpc) is 2.92. The summed E-state index contributed by atoms with van der Waals surface area (Å²) in [4.78, 5) is 2.42. The molecule has 112 valence electrons. The highest BCUT2D eigenvalue weighted by molar-refractivity contribution is 6.33. The Hall–Kier alpha value is -0.770. The lowest BCUT2D eigenvalue weighted by atomic mass is 10.1. The topological polar surface area (TPSA) is 24.5 Å². The second kappa shape index (κ2) is 7.87. The van der Waals surface area contributed by atoms with Gasteiger partial charge in [-0.2, -0.15) is 0 Å². The van der Waals surface area contributed by atoms with Gasteiger partial charge in [-0.3, -0.25) is 0 Å². The molecule has 1 unspecified atom stereocenters. The molecule has 0 aliphatic carbocycles. The van der Waals surface area contributed by atoms with Crippen LogP contribution in [0.15, 0.2) is 18.2 Å². The van der Waals surface area contributed by atoms with E-state index in [0.29, 0.717) is 0 Å². The van der Waals surface area contributed by atoms with Crippen LogP contribution in [0, 0.1) is 5.92 Å². The number of anilines is 1. The van der Waals surface area contributed by atoms with E-state index in [9.17, 15) is 0 Å². The van der Waals surface area contributed by atoms with Gasteiger partial charge in [0.15, 0.2) is 0 Å². The number of hydrogen-bond acceptors (Lipinski definition) is 3. The number of hydrogen-bond donors (Lipinski definition) is 1. The molecule has 1 aromatic carbocycles. The fraction of sp³-hybridized carbons (Fsp3) is 0.625. The quantitative estimate of drug-likeness (QED) is 0.781. The highest BCUT2D eigenvalue weighted by atomic mass is 35.5. The molecule has 3 nitrogen and oxygen atoms in total. The van der Waals surface area contributed by atoms with Crippen molar-refractivity contribution in [1.29, 1.82) is 0 Å². The van der Waals surface area contributed by atoms with Crippen molar-refractivity contribution in [2.45, 2.75) is 26.3 Å². The normalized spacial score (nSPS) is 18.8. The van der Waals surface area contributed by atoms with Gasteiger partial charge in [0.2, 0.25) is 0 Å². The molecule has 0 spiro atoms. The molecule has 0 bridgehead atoms. The molecule has 0 radical (unpaired) electrons. The van der Waals surface area contributed by atoms with Crippen molar-refractivity contribution in [3.63, 3.8) is 0 Å². The Kier molecular flexibility index (Phi) is 6.14. The second-order valence-electron chi connectivity index (χ2n) is 5.46. The molecule has 1 aliphatic heterocycles. The summed E-state index contributed by atoms with van der Waals surface area (Å²) in [5.41, 5.74) is 2.41. The van der Waals surface area contributed by atoms with Crippen LogP contribution < -0.4 is 10.2 Å². The van der Waals surface area contributed by atoms with E-state index in [1.807, 2.05) is 0 Å². The van der Waals surface area contributed by atoms with E-state index in [2.05, 4.69) is 35.3 Å². The van der Waals surface area contributed by atoms with E-state index in [1.54, 1.807) is 7.11 Å². The number of ether oxygens (including phenoxy) is 1. The van der Waals surface area contributed by atoms with Gasteiger partial charge in [-0.05, 0) is 30.0 Å². The Bertz CT molecular complexity index is 425. The Balaban J connectivity index is 1.92. The summed E-state index contributed by atoms with van der Waals surface area (Å²) in [6, 6.07) is 6.41. The van der Waals surface area contributed by atoms with Crippen LogP contribution in [0.1, 0.15) is 25.3 Å². The van der Waals surface area contributed by atoms with Gasteiger partial charge < -0.3 is 15.0 Å². The number of nitrogens with one attached hydrogen (secondary N) is 1. The third kappa shape index (κ3) is 4.11. The van der Waals surface area contributed by atoms with E-state index in [1.165, 1.54) is 24.1 Å². The molecule has 1 atom stereocenters. The minimum atomic E-state index is 0.734. The van der Waals surface area contributed by atoms with Crippen LogP contribution in [0.2, 0.25) is 5.02 Å². The maximum absolute atomic E-state index is 6.45. The standard InChI is InChI=1S/C16H25ClN2O/c1-3-13-6-8-19(12-13)16-5-4-14(10-15(16)17)11-18-7-9-20-2/h4-5,10,13,18H,3,6-9,11-12H2,1-2H3. The van der Waals surface area contributed by atoms with Crippen LogP contribution in [-0.2, 0) is 11.3 Å². The Morgan fingerprint density at radius 3 is 2.95 bits per heavy atom. The van der Waals surface area contributed by atoms with Gasteiger partial charge in [0, 0.05) is 33.3 Å².